The van der Waals surface area contributed by atoms with Crippen molar-refractivity contribution in [2.24, 2.45) is 0 Å². The number of H-pyrrole nitrogens is 1. The highest BCUT2D eigenvalue weighted by atomic mass is 19.4. The molecule has 0 saturated carbocycles. The van der Waals surface area contributed by atoms with E-state index in [0.717, 1.165) is 11.0 Å². The molecule has 1 saturated heterocycles. The van der Waals surface area contributed by atoms with Crippen LogP contribution in [0, 0.1) is 11.6 Å². The predicted octanol–water partition coefficient (Wildman–Crippen LogP) is 4.22. The number of amides is 2. The van der Waals surface area contributed by atoms with Gasteiger partial charge in [0.15, 0.2) is 5.82 Å². The molecule has 2 aromatic rings. The Labute approximate surface area is 225 Å². The number of aromatic amines is 1. The van der Waals surface area contributed by atoms with Gasteiger partial charge in [0, 0.05) is 56.6 Å². The Morgan fingerprint density at radius 1 is 1.12 bits per heavy atom. The van der Waals surface area contributed by atoms with Crippen molar-refractivity contribution in [1.82, 2.24) is 14.8 Å². The first-order valence-corrected chi connectivity index (χ1v) is 12.5. The number of halogens is 5. The molecular weight excluding hydrogens is 541 g/mol. The van der Waals surface area contributed by atoms with Crippen molar-refractivity contribution in [2.45, 2.75) is 38.5 Å². The molecule has 3 N–H and O–H groups in total. The summed E-state index contributed by atoms with van der Waals surface area (Å²) in [5.74, 6) is -3.64. The van der Waals surface area contributed by atoms with Gasteiger partial charge in [-0.25, -0.2) is 13.6 Å². The first kappa shape index (κ1) is 29.1. The van der Waals surface area contributed by atoms with Crippen molar-refractivity contribution < 1.29 is 36.6 Å². The maximum atomic E-state index is 16.2. The molecule has 0 aliphatic carbocycles. The van der Waals surface area contributed by atoms with E-state index in [0.29, 0.717) is 19.3 Å². The molecule has 0 bridgehead atoms. The van der Waals surface area contributed by atoms with Gasteiger partial charge in [-0.05, 0) is 32.9 Å². The van der Waals surface area contributed by atoms with Gasteiger partial charge in [0.2, 0.25) is 5.56 Å². The third-order valence-electron chi connectivity index (χ3n) is 7.35. The van der Waals surface area contributed by atoms with E-state index in [1.54, 1.807) is 4.90 Å². The fraction of sp³-hybridized carbons (Fsp3) is 0.423. The van der Waals surface area contributed by atoms with Crippen LogP contribution in [0.1, 0.15) is 41.8 Å². The van der Waals surface area contributed by atoms with Gasteiger partial charge in [-0.15, -0.1) is 0 Å². The molecule has 0 radical (unpaired) electrons. The number of anilines is 2. The molecule has 0 unspecified atom stereocenters. The summed E-state index contributed by atoms with van der Waals surface area (Å²) in [5.41, 5.74) is -4.78. The number of likely N-dealkylation sites (N-methyl/N-ethyl adjacent to an activating group) is 1. The van der Waals surface area contributed by atoms with Gasteiger partial charge in [-0.2, -0.15) is 13.2 Å². The van der Waals surface area contributed by atoms with Crippen LogP contribution in [0.3, 0.4) is 0 Å². The lowest BCUT2D eigenvalue weighted by atomic mass is 9.97. The number of aromatic nitrogens is 1. The minimum absolute atomic E-state index is 0.0193. The summed E-state index contributed by atoms with van der Waals surface area (Å²) in [7, 11) is 1.89. The number of nitrogens with one attached hydrogen (secondary N) is 2. The van der Waals surface area contributed by atoms with Crippen molar-refractivity contribution in [2.75, 3.05) is 43.4 Å². The maximum absolute atomic E-state index is 16.2. The average Bonchev–Trinajstić information content (AvgIpc) is 2.88. The fourth-order valence-electron chi connectivity index (χ4n) is 5.03. The first-order valence-electron chi connectivity index (χ1n) is 12.5. The van der Waals surface area contributed by atoms with Gasteiger partial charge in [-0.3, -0.25) is 14.5 Å². The van der Waals surface area contributed by atoms with Gasteiger partial charge in [0.1, 0.15) is 11.5 Å². The molecule has 0 spiro atoms. The number of hydrogen-bond donors (Lipinski definition) is 3. The Kier molecular flexibility index (Phi) is 7.92. The highest BCUT2D eigenvalue weighted by molar-refractivity contribution is 6.07. The zero-order chi connectivity index (χ0) is 29.5. The van der Waals surface area contributed by atoms with Crippen LogP contribution < -0.4 is 15.8 Å². The number of carbonyl (C=O) groups is 2. The Morgan fingerprint density at radius 2 is 1.77 bits per heavy atom. The summed E-state index contributed by atoms with van der Waals surface area (Å²) < 4.78 is 72.7. The van der Waals surface area contributed by atoms with Crippen LogP contribution in [0.25, 0.3) is 5.57 Å². The molecule has 14 heteroatoms. The Morgan fingerprint density at radius 3 is 2.38 bits per heavy atom. The summed E-state index contributed by atoms with van der Waals surface area (Å²) in [4.78, 5) is 42.9. The second kappa shape index (κ2) is 10.9. The molecule has 4 rings (SSSR count). The second-order valence-corrected chi connectivity index (χ2v) is 10.0. The highest BCUT2D eigenvalue weighted by Crippen LogP contribution is 2.39. The largest absolute Gasteiger partial charge is 0.465 e. The van der Waals surface area contributed by atoms with Crippen LogP contribution in [0.4, 0.5) is 38.1 Å². The van der Waals surface area contributed by atoms with Crippen LogP contribution in [-0.4, -0.2) is 77.2 Å². The smallest absolute Gasteiger partial charge is 0.417 e. The van der Waals surface area contributed by atoms with E-state index in [1.807, 2.05) is 25.9 Å². The van der Waals surface area contributed by atoms with Crippen LogP contribution in [0.15, 0.2) is 29.2 Å². The standard InChI is InChI=1S/C26H28F5N5O4/c1-13-10-36(11-14(2)34(13)3)19-8-18(27)21(15-5-4-6-35(12-15)25(39)40)22(28)23(19)33-24(38)16-9-32-20(37)7-17(16)26(29,30)31/h5,7-9,13-14H,4,6,10-12H2,1-3H3,(H,32,37)(H,33,38)(H,39,40)/t13-,14+. The van der Waals surface area contributed by atoms with E-state index in [-0.39, 0.29) is 48.9 Å². The van der Waals surface area contributed by atoms with Crippen LogP contribution in [0.5, 0.6) is 0 Å². The number of carbonyl (C=O) groups excluding carboxylic acids is 1. The number of alkyl halides is 3. The van der Waals surface area contributed by atoms with E-state index < -0.39 is 57.7 Å². The van der Waals surface area contributed by atoms with Crippen LogP contribution in [0.2, 0.25) is 0 Å². The number of rotatable bonds is 4. The summed E-state index contributed by atoms with van der Waals surface area (Å²) in [5, 5.41) is 11.6. The molecule has 1 aromatic heterocycles. The van der Waals surface area contributed by atoms with Crippen molar-refractivity contribution in [1.29, 1.82) is 0 Å². The lowest BCUT2D eigenvalue weighted by Gasteiger charge is -2.44. The minimum Gasteiger partial charge on any atom is -0.465 e. The quantitative estimate of drug-likeness (QED) is 0.476. The Hall–Kier alpha value is -3.94. The van der Waals surface area contributed by atoms with E-state index in [1.165, 1.54) is 6.08 Å². The number of nitrogens with zero attached hydrogens (tertiary/aromatic N) is 3. The molecular formula is C26H28F5N5O4. The second-order valence-electron chi connectivity index (χ2n) is 10.0. The molecule has 1 aromatic carbocycles. The number of carboxylic acid groups (broad SMARTS) is 1. The van der Waals surface area contributed by atoms with Crippen molar-refractivity contribution >= 4 is 28.9 Å². The Balaban J connectivity index is 1.85. The number of pyridine rings is 1. The number of benzene rings is 1. The zero-order valence-electron chi connectivity index (χ0n) is 21.9. The van der Waals surface area contributed by atoms with Gasteiger partial charge in [0.25, 0.3) is 5.91 Å². The molecule has 2 atom stereocenters. The predicted molar refractivity (Wildman–Crippen MR) is 137 cm³/mol. The van der Waals surface area contributed by atoms with E-state index in [2.05, 4.69) is 10.2 Å². The maximum Gasteiger partial charge on any atom is 0.417 e. The minimum atomic E-state index is -5.06. The summed E-state index contributed by atoms with van der Waals surface area (Å²) in [6.07, 6.45) is -4.10. The molecule has 40 heavy (non-hydrogen) atoms. The lowest BCUT2D eigenvalue weighted by Crippen LogP contribution is -2.55. The van der Waals surface area contributed by atoms with Gasteiger partial charge in [-0.1, -0.05) is 6.08 Å². The van der Waals surface area contributed by atoms with E-state index >= 15 is 8.78 Å². The SMILES string of the molecule is C[C@@H]1CN(c2cc(F)c(C3=CCCN(C(=O)O)C3)c(F)c2NC(=O)c2c[nH]c(=O)cc2C(F)(F)F)C[C@H](C)N1C. The molecule has 1 fully saturated rings. The molecule has 2 aliphatic rings. The summed E-state index contributed by atoms with van der Waals surface area (Å²) >= 11 is 0. The molecule has 3 heterocycles. The Bertz CT molecular complexity index is 1410. The summed E-state index contributed by atoms with van der Waals surface area (Å²) in [6.45, 7) is 4.17. The molecule has 2 aliphatic heterocycles. The van der Waals surface area contributed by atoms with Crippen molar-refractivity contribution in [3.63, 3.8) is 0 Å². The zero-order valence-corrected chi connectivity index (χ0v) is 21.9. The number of piperazine rings is 1. The van der Waals surface area contributed by atoms with E-state index in [4.69, 9.17) is 0 Å². The highest BCUT2D eigenvalue weighted by Gasteiger charge is 2.37. The third kappa shape index (κ3) is 5.67. The fourth-order valence-corrected chi connectivity index (χ4v) is 5.03. The normalized spacial score (nSPS) is 20.4. The number of hydrogen-bond acceptors (Lipinski definition) is 5. The van der Waals surface area contributed by atoms with E-state index in [9.17, 15) is 32.7 Å². The monoisotopic (exact) mass is 569 g/mol. The lowest BCUT2D eigenvalue weighted by molar-refractivity contribution is -0.138. The van der Waals surface area contributed by atoms with Crippen LogP contribution in [-0.2, 0) is 6.18 Å². The summed E-state index contributed by atoms with van der Waals surface area (Å²) in [6, 6.07) is 1.08. The van der Waals surface area contributed by atoms with Gasteiger partial charge >= 0.3 is 12.3 Å². The van der Waals surface area contributed by atoms with Crippen molar-refractivity contribution in [3.05, 3.63) is 63.1 Å². The van der Waals surface area contributed by atoms with Crippen LogP contribution >= 0.6 is 0 Å². The first-order chi connectivity index (χ1) is 18.7. The van der Waals surface area contributed by atoms with Gasteiger partial charge in [0.05, 0.1) is 22.4 Å². The topological polar surface area (TPSA) is 109 Å². The van der Waals surface area contributed by atoms with Crippen molar-refractivity contribution in [3.8, 4) is 0 Å². The third-order valence-corrected chi connectivity index (χ3v) is 7.35. The molecule has 216 valence electrons. The average molecular weight is 570 g/mol. The van der Waals surface area contributed by atoms with Gasteiger partial charge < -0.3 is 25.2 Å². The molecule has 9 nitrogen and oxygen atoms in total. The molecule has 2 amide bonds.